The van der Waals surface area contributed by atoms with Gasteiger partial charge >= 0.3 is 6.18 Å². The van der Waals surface area contributed by atoms with Gasteiger partial charge in [-0.25, -0.2) is 9.37 Å². The monoisotopic (exact) mass is 458 g/mol. The lowest BCUT2D eigenvalue weighted by Crippen LogP contribution is -2.37. The van der Waals surface area contributed by atoms with Crippen molar-refractivity contribution in [3.05, 3.63) is 77.5 Å². The van der Waals surface area contributed by atoms with Crippen LogP contribution in [0.4, 0.5) is 23.2 Å². The Hall–Kier alpha value is -3.33. The molecule has 0 atom stereocenters. The number of nitrogens with zero attached hydrogens (tertiary/aromatic N) is 4. The number of hydrogen-bond donors (Lipinski definition) is 0. The highest BCUT2D eigenvalue weighted by atomic mass is 19.4. The van der Waals surface area contributed by atoms with Crippen LogP contribution in [0.2, 0.25) is 0 Å². The number of fused-ring (bicyclic) bond motifs is 2. The predicted molar refractivity (Wildman–Crippen MR) is 116 cm³/mol. The molecule has 172 valence electrons. The molecule has 0 saturated heterocycles. The topological polar surface area (TPSA) is 49.3 Å². The summed E-state index contributed by atoms with van der Waals surface area (Å²) in [4.78, 5) is 24.1. The molecule has 0 unspecified atom stereocenters. The van der Waals surface area contributed by atoms with Gasteiger partial charge in [-0.15, -0.1) is 0 Å². The van der Waals surface area contributed by atoms with E-state index in [1.165, 1.54) is 18.3 Å². The van der Waals surface area contributed by atoms with Crippen LogP contribution in [0.1, 0.15) is 35.0 Å². The second-order valence-corrected chi connectivity index (χ2v) is 7.83. The van der Waals surface area contributed by atoms with Gasteiger partial charge in [0.2, 0.25) is 0 Å². The maximum absolute atomic E-state index is 14.1. The lowest BCUT2D eigenvalue weighted by atomic mass is 10.1. The van der Waals surface area contributed by atoms with Crippen LogP contribution in [-0.2, 0) is 12.7 Å². The van der Waals surface area contributed by atoms with Crippen molar-refractivity contribution < 1.29 is 22.4 Å². The van der Waals surface area contributed by atoms with Crippen LogP contribution in [-0.4, -0.2) is 40.4 Å². The van der Waals surface area contributed by atoms with Crippen LogP contribution in [0.5, 0.6) is 0 Å². The molecule has 3 aromatic rings. The van der Waals surface area contributed by atoms with Gasteiger partial charge in [-0.2, -0.15) is 13.2 Å². The summed E-state index contributed by atoms with van der Waals surface area (Å²) in [6, 6.07) is 10.6. The lowest BCUT2D eigenvalue weighted by molar-refractivity contribution is -0.140. The fourth-order valence-electron chi connectivity index (χ4n) is 3.94. The first kappa shape index (κ1) is 22.8. The number of halogens is 4. The van der Waals surface area contributed by atoms with E-state index in [0.29, 0.717) is 25.1 Å². The summed E-state index contributed by atoms with van der Waals surface area (Å²) < 4.78 is 55.8. The summed E-state index contributed by atoms with van der Waals surface area (Å²) in [5.74, 6) is -1.20. The Labute approximate surface area is 188 Å². The van der Waals surface area contributed by atoms with Crippen molar-refractivity contribution in [1.29, 1.82) is 0 Å². The minimum atomic E-state index is -4.82. The molecule has 0 aliphatic carbocycles. The standard InChI is InChI=1S/C24H22F4N4O/c1-2-31-9-4-10-32(23(33)17-6-3-5-16(11-17)15-31)21-8-7-20(30-22(21)24(26,27)28)18-12-19(25)14-29-13-18/h3,5-8,11-14H,2,4,9-10,15H2,1H3. The Bertz CT molecular complexity index is 1170. The SMILES string of the molecule is CCN1CCCN(c2ccc(-c3cncc(F)c3)nc2C(F)(F)F)C(=O)c2cccc(c2)C1. The van der Waals surface area contributed by atoms with E-state index in [4.69, 9.17) is 0 Å². The lowest BCUT2D eigenvalue weighted by Gasteiger charge is -2.29. The van der Waals surface area contributed by atoms with Crippen molar-refractivity contribution in [2.45, 2.75) is 26.1 Å². The third kappa shape index (κ3) is 5.03. The van der Waals surface area contributed by atoms with Gasteiger partial charge in [0.15, 0.2) is 5.69 Å². The van der Waals surface area contributed by atoms with Crippen LogP contribution in [0.3, 0.4) is 0 Å². The highest BCUT2D eigenvalue weighted by molar-refractivity contribution is 6.06. The van der Waals surface area contributed by atoms with Crippen molar-refractivity contribution in [2.24, 2.45) is 0 Å². The smallest absolute Gasteiger partial charge is 0.306 e. The van der Waals surface area contributed by atoms with Gasteiger partial charge in [0.1, 0.15) is 5.82 Å². The number of carbonyl (C=O) groups is 1. The molecule has 33 heavy (non-hydrogen) atoms. The molecule has 9 heteroatoms. The number of carbonyl (C=O) groups excluding carboxylic acids is 1. The zero-order valence-electron chi connectivity index (χ0n) is 17.9. The van der Waals surface area contributed by atoms with Crippen molar-refractivity contribution in [3.63, 3.8) is 0 Å². The normalized spacial score (nSPS) is 15.5. The number of amides is 1. The number of aromatic nitrogens is 2. The molecule has 2 bridgehead atoms. The molecule has 1 aliphatic rings. The van der Waals surface area contributed by atoms with Gasteiger partial charge in [0, 0.05) is 37.0 Å². The van der Waals surface area contributed by atoms with E-state index in [9.17, 15) is 22.4 Å². The Morgan fingerprint density at radius 2 is 1.85 bits per heavy atom. The molecule has 0 radical (unpaired) electrons. The number of alkyl halides is 3. The first-order chi connectivity index (χ1) is 15.8. The van der Waals surface area contributed by atoms with E-state index in [1.807, 2.05) is 13.0 Å². The van der Waals surface area contributed by atoms with Gasteiger partial charge in [-0.1, -0.05) is 19.1 Å². The molecule has 1 aromatic carbocycles. The highest BCUT2D eigenvalue weighted by Crippen LogP contribution is 2.37. The fraction of sp³-hybridized carbons (Fsp3) is 0.292. The molecule has 3 heterocycles. The maximum atomic E-state index is 14.1. The number of anilines is 1. The molecule has 0 N–H and O–H groups in total. The molecule has 4 rings (SSSR count). The van der Waals surface area contributed by atoms with Gasteiger partial charge in [0.05, 0.1) is 17.6 Å². The largest absolute Gasteiger partial charge is 0.435 e. The third-order valence-electron chi connectivity index (χ3n) is 5.56. The Morgan fingerprint density at radius 3 is 2.58 bits per heavy atom. The molecule has 1 aliphatic heterocycles. The van der Waals surface area contributed by atoms with E-state index in [1.54, 1.807) is 18.2 Å². The van der Waals surface area contributed by atoms with Gasteiger partial charge < -0.3 is 4.90 Å². The summed E-state index contributed by atoms with van der Waals surface area (Å²) in [5.41, 5.74) is -0.242. The first-order valence-electron chi connectivity index (χ1n) is 10.6. The molecule has 0 fully saturated rings. The second kappa shape index (κ2) is 9.27. The second-order valence-electron chi connectivity index (χ2n) is 7.83. The summed E-state index contributed by atoms with van der Waals surface area (Å²) in [6.07, 6.45) is -2.12. The Balaban J connectivity index is 1.81. The van der Waals surface area contributed by atoms with E-state index >= 15 is 0 Å². The third-order valence-corrected chi connectivity index (χ3v) is 5.56. The van der Waals surface area contributed by atoms with E-state index < -0.39 is 23.6 Å². The molecular weight excluding hydrogens is 436 g/mol. The van der Waals surface area contributed by atoms with Gasteiger partial charge in [-0.05, 0) is 48.9 Å². The Morgan fingerprint density at radius 1 is 1.03 bits per heavy atom. The average molecular weight is 458 g/mol. The number of rotatable bonds is 3. The molecule has 1 amide bonds. The number of benzene rings is 1. The minimum absolute atomic E-state index is 0.0780. The van der Waals surface area contributed by atoms with E-state index in [-0.39, 0.29) is 23.5 Å². The average Bonchev–Trinajstić information content (AvgIpc) is 2.79. The van der Waals surface area contributed by atoms with Crippen molar-refractivity contribution in [2.75, 3.05) is 24.5 Å². The van der Waals surface area contributed by atoms with Crippen molar-refractivity contribution in [3.8, 4) is 11.3 Å². The van der Waals surface area contributed by atoms with E-state index in [2.05, 4.69) is 14.9 Å². The summed E-state index contributed by atoms with van der Waals surface area (Å²) in [6.45, 7) is 4.20. The molecule has 2 aromatic heterocycles. The van der Waals surface area contributed by atoms with Gasteiger partial charge in [-0.3, -0.25) is 14.7 Å². The van der Waals surface area contributed by atoms with Crippen LogP contribution in [0.15, 0.2) is 54.9 Å². The van der Waals surface area contributed by atoms with Crippen LogP contribution in [0, 0.1) is 5.82 Å². The molecule has 0 spiro atoms. The molecule has 5 nitrogen and oxygen atoms in total. The van der Waals surface area contributed by atoms with Gasteiger partial charge in [0.25, 0.3) is 5.91 Å². The zero-order chi connectivity index (χ0) is 23.6. The minimum Gasteiger partial charge on any atom is -0.306 e. The zero-order valence-corrected chi connectivity index (χ0v) is 17.9. The fourth-order valence-corrected chi connectivity index (χ4v) is 3.94. The number of hydrogen-bond acceptors (Lipinski definition) is 4. The van der Waals surface area contributed by atoms with Crippen molar-refractivity contribution >= 4 is 11.6 Å². The maximum Gasteiger partial charge on any atom is 0.435 e. The van der Waals surface area contributed by atoms with Crippen molar-refractivity contribution in [1.82, 2.24) is 14.9 Å². The van der Waals surface area contributed by atoms with E-state index in [0.717, 1.165) is 29.3 Å². The first-order valence-corrected chi connectivity index (χ1v) is 10.6. The van der Waals surface area contributed by atoms with Crippen LogP contribution in [0.25, 0.3) is 11.3 Å². The Kier molecular flexibility index (Phi) is 6.42. The quantitative estimate of drug-likeness (QED) is 0.508. The highest BCUT2D eigenvalue weighted by Gasteiger charge is 2.38. The van der Waals surface area contributed by atoms with Crippen LogP contribution < -0.4 is 4.90 Å². The van der Waals surface area contributed by atoms with Crippen LogP contribution >= 0.6 is 0 Å². The predicted octanol–water partition coefficient (Wildman–Crippen LogP) is 5.17. The number of pyridine rings is 2. The molecule has 0 saturated carbocycles. The summed E-state index contributed by atoms with van der Waals surface area (Å²) in [7, 11) is 0. The summed E-state index contributed by atoms with van der Waals surface area (Å²) in [5, 5.41) is 0. The molecular formula is C24H22F4N4O. The summed E-state index contributed by atoms with van der Waals surface area (Å²) >= 11 is 0.